The van der Waals surface area contributed by atoms with Gasteiger partial charge >= 0.3 is 5.97 Å². The van der Waals surface area contributed by atoms with Crippen molar-refractivity contribution < 1.29 is 23.5 Å². The first-order valence-corrected chi connectivity index (χ1v) is 6.80. The van der Waals surface area contributed by atoms with Crippen LogP contribution in [0.2, 0.25) is 5.02 Å². The van der Waals surface area contributed by atoms with Gasteiger partial charge in [0.2, 0.25) is 0 Å². The molecule has 0 aliphatic carbocycles. The molecule has 0 heterocycles. The van der Waals surface area contributed by atoms with E-state index in [0.29, 0.717) is 0 Å². The molecule has 1 aromatic carbocycles. The number of benzene rings is 1. The van der Waals surface area contributed by atoms with Gasteiger partial charge in [0.25, 0.3) is 5.91 Å². The molecule has 21 heavy (non-hydrogen) atoms. The van der Waals surface area contributed by atoms with Gasteiger partial charge in [-0.25, -0.2) is 4.39 Å². The van der Waals surface area contributed by atoms with E-state index in [0.717, 1.165) is 6.07 Å². The van der Waals surface area contributed by atoms with Crippen molar-refractivity contribution in [2.45, 2.75) is 26.4 Å². The van der Waals surface area contributed by atoms with Crippen molar-refractivity contribution in [1.29, 1.82) is 0 Å². The number of esters is 1. The standard InChI is InChI=1S/C14H17ClFNO4/c1-9(2)21-14(19)5-6-17-13(18)8-20-10-3-4-12(16)11(15)7-10/h3-4,7,9H,5-6,8H2,1-2H3,(H,17,18). The molecule has 0 saturated heterocycles. The van der Waals surface area contributed by atoms with Crippen molar-refractivity contribution in [2.75, 3.05) is 13.2 Å². The molecule has 116 valence electrons. The summed E-state index contributed by atoms with van der Waals surface area (Å²) in [5.41, 5.74) is 0. The summed E-state index contributed by atoms with van der Waals surface area (Å²) >= 11 is 5.58. The minimum absolute atomic E-state index is 0.0793. The summed E-state index contributed by atoms with van der Waals surface area (Å²) in [6.07, 6.45) is -0.0912. The molecule has 0 bridgehead atoms. The second-order valence-corrected chi connectivity index (χ2v) is 4.91. The first kappa shape index (κ1) is 17.2. The lowest BCUT2D eigenvalue weighted by Crippen LogP contribution is -2.31. The maximum atomic E-state index is 12.9. The molecule has 0 atom stereocenters. The first-order chi connectivity index (χ1) is 9.88. The van der Waals surface area contributed by atoms with E-state index in [1.165, 1.54) is 12.1 Å². The Bertz CT molecular complexity index is 508. The molecule has 0 aromatic heterocycles. The summed E-state index contributed by atoms with van der Waals surface area (Å²) < 4.78 is 23.0. The maximum Gasteiger partial charge on any atom is 0.307 e. The summed E-state index contributed by atoms with van der Waals surface area (Å²) in [5.74, 6) is -1.04. The third-order valence-corrected chi connectivity index (χ3v) is 2.57. The van der Waals surface area contributed by atoms with Crippen LogP contribution in [0.25, 0.3) is 0 Å². The molecule has 1 aromatic rings. The van der Waals surface area contributed by atoms with Crippen molar-refractivity contribution in [1.82, 2.24) is 5.32 Å². The lowest BCUT2D eigenvalue weighted by atomic mass is 10.3. The van der Waals surface area contributed by atoms with Gasteiger partial charge in [-0.2, -0.15) is 0 Å². The quantitative estimate of drug-likeness (QED) is 0.784. The normalized spacial score (nSPS) is 10.3. The molecule has 1 rings (SSSR count). The fraction of sp³-hybridized carbons (Fsp3) is 0.429. The Morgan fingerprint density at radius 1 is 1.38 bits per heavy atom. The number of hydrogen-bond donors (Lipinski definition) is 1. The van der Waals surface area contributed by atoms with Crippen molar-refractivity contribution in [2.24, 2.45) is 0 Å². The van der Waals surface area contributed by atoms with Gasteiger partial charge in [-0.15, -0.1) is 0 Å². The largest absolute Gasteiger partial charge is 0.484 e. The van der Waals surface area contributed by atoms with E-state index in [4.69, 9.17) is 21.1 Å². The van der Waals surface area contributed by atoms with Gasteiger partial charge in [0.15, 0.2) is 6.61 Å². The van der Waals surface area contributed by atoms with Crippen LogP contribution in [-0.2, 0) is 14.3 Å². The first-order valence-electron chi connectivity index (χ1n) is 6.42. The number of carbonyl (C=O) groups excluding carboxylic acids is 2. The van der Waals surface area contributed by atoms with Crippen LogP contribution in [0.5, 0.6) is 5.75 Å². The number of nitrogens with one attached hydrogen (secondary N) is 1. The molecule has 0 aliphatic rings. The third kappa shape index (κ3) is 6.94. The molecular weight excluding hydrogens is 301 g/mol. The van der Waals surface area contributed by atoms with Crippen LogP contribution in [0, 0.1) is 5.82 Å². The van der Waals surface area contributed by atoms with Crippen LogP contribution in [-0.4, -0.2) is 31.1 Å². The second-order valence-electron chi connectivity index (χ2n) is 4.50. The van der Waals surface area contributed by atoms with Gasteiger partial charge < -0.3 is 14.8 Å². The van der Waals surface area contributed by atoms with Crippen LogP contribution in [0.3, 0.4) is 0 Å². The Balaban J connectivity index is 2.25. The number of hydrogen-bond acceptors (Lipinski definition) is 4. The average molecular weight is 318 g/mol. The summed E-state index contributed by atoms with van der Waals surface area (Å²) in [7, 11) is 0. The molecule has 5 nitrogen and oxygen atoms in total. The SMILES string of the molecule is CC(C)OC(=O)CCNC(=O)COc1ccc(F)c(Cl)c1. The highest BCUT2D eigenvalue weighted by Gasteiger charge is 2.08. The Labute approximate surface area is 127 Å². The molecule has 1 amide bonds. The van der Waals surface area contributed by atoms with E-state index in [9.17, 15) is 14.0 Å². The van der Waals surface area contributed by atoms with E-state index in [2.05, 4.69) is 5.32 Å². The molecule has 0 unspecified atom stereocenters. The van der Waals surface area contributed by atoms with Gasteiger partial charge in [0.1, 0.15) is 11.6 Å². The zero-order valence-electron chi connectivity index (χ0n) is 11.8. The molecule has 0 fully saturated rings. The monoisotopic (exact) mass is 317 g/mol. The van der Waals surface area contributed by atoms with Gasteiger partial charge in [-0.3, -0.25) is 9.59 Å². The summed E-state index contributed by atoms with van der Waals surface area (Å²) in [6, 6.07) is 3.80. The smallest absolute Gasteiger partial charge is 0.307 e. The van der Waals surface area contributed by atoms with Gasteiger partial charge in [0.05, 0.1) is 17.5 Å². The molecule has 0 spiro atoms. The average Bonchev–Trinajstić information content (AvgIpc) is 2.39. The summed E-state index contributed by atoms with van der Waals surface area (Å²) in [6.45, 7) is 3.41. The molecular formula is C14H17ClFNO4. The highest BCUT2D eigenvalue weighted by atomic mass is 35.5. The Kier molecular flexibility index (Phi) is 6.94. The molecule has 7 heteroatoms. The second kappa shape index (κ2) is 8.46. The van der Waals surface area contributed by atoms with Crippen LogP contribution < -0.4 is 10.1 Å². The van der Waals surface area contributed by atoms with Gasteiger partial charge in [0, 0.05) is 12.6 Å². The van der Waals surface area contributed by atoms with Crippen molar-refractivity contribution in [3.05, 3.63) is 29.0 Å². The number of ether oxygens (including phenoxy) is 2. The number of amides is 1. The van der Waals surface area contributed by atoms with E-state index < -0.39 is 11.7 Å². The number of carbonyl (C=O) groups is 2. The number of halogens is 2. The molecule has 0 saturated carbocycles. The van der Waals surface area contributed by atoms with Crippen molar-refractivity contribution in [3.63, 3.8) is 0 Å². The van der Waals surface area contributed by atoms with E-state index >= 15 is 0 Å². The highest BCUT2D eigenvalue weighted by Crippen LogP contribution is 2.20. The third-order valence-electron chi connectivity index (χ3n) is 2.28. The lowest BCUT2D eigenvalue weighted by molar-refractivity contribution is -0.147. The van der Waals surface area contributed by atoms with Gasteiger partial charge in [-0.05, 0) is 26.0 Å². The maximum absolute atomic E-state index is 12.9. The highest BCUT2D eigenvalue weighted by molar-refractivity contribution is 6.30. The zero-order chi connectivity index (χ0) is 15.8. The summed E-state index contributed by atoms with van der Waals surface area (Å²) in [4.78, 5) is 22.7. The van der Waals surface area contributed by atoms with E-state index in [1.54, 1.807) is 13.8 Å². The van der Waals surface area contributed by atoms with Gasteiger partial charge in [-0.1, -0.05) is 11.6 Å². The topological polar surface area (TPSA) is 64.6 Å². The van der Waals surface area contributed by atoms with Crippen LogP contribution >= 0.6 is 11.6 Å². The minimum Gasteiger partial charge on any atom is -0.484 e. The molecule has 0 radical (unpaired) electrons. The zero-order valence-corrected chi connectivity index (χ0v) is 12.6. The summed E-state index contributed by atoms with van der Waals surface area (Å²) in [5, 5.41) is 2.43. The van der Waals surface area contributed by atoms with Crippen molar-refractivity contribution >= 4 is 23.5 Å². The number of rotatable bonds is 7. The van der Waals surface area contributed by atoms with Crippen LogP contribution in [0.15, 0.2) is 18.2 Å². The fourth-order valence-corrected chi connectivity index (χ4v) is 1.56. The van der Waals surface area contributed by atoms with Crippen molar-refractivity contribution in [3.8, 4) is 5.75 Å². The Hall–Kier alpha value is -1.82. The lowest BCUT2D eigenvalue weighted by Gasteiger charge is -2.09. The molecule has 0 aliphatic heterocycles. The predicted octanol–water partition coefficient (Wildman–Crippen LogP) is 2.32. The fourth-order valence-electron chi connectivity index (χ4n) is 1.39. The molecule has 1 N–H and O–H groups in total. The minimum atomic E-state index is -0.558. The van der Waals surface area contributed by atoms with Crippen LogP contribution in [0.4, 0.5) is 4.39 Å². The van der Waals surface area contributed by atoms with E-state index in [-0.39, 0.29) is 42.4 Å². The predicted molar refractivity (Wildman–Crippen MR) is 75.8 cm³/mol. The Morgan fingerprint density at radius 2 is 2.10 bits per heavy atom. The van der Waals surface area contributed by atoms with Crippen LogP contribution in [0.1, 0.15) is 20.3 Å². The van der Waals surface area contributed by atoms with E-state index in [1.807, 2.05) is 0 Å². The Morgan fingerprint density at radius 3 is 2.71 bits per heavy atom.